The molecule has 1 fully saturated rings. The van der Waals surface area contributed by atoms with E-state index in [0.717, 1.165) is 44.6 Å². The van der Waals surface area contributed by atoms with Gasteiger partial charge in [-0.25, -0.2) is 0 Å². The Bertz CT molecular complexity index is 720. The Morgan fingerprint density at radius 3 is 2.39 bits per heavy atom. The topological polar surface area (TPSA) is 41.6 Å². The molecule has 3 rings (SSSR count). The Hall–Kier alpha value is -2.33. The monoisotopic (exact) mass is 380 g/mol. The second kappa shape index (κ2) is 10.3. The molecule has 0 atom stereocenters. The van der Waals surface area contributed by atoms with Gasteiger partial charge in [-0.05, 0) is 55.0 Å². The summed E-state index contributed by atoms with van der Waals surface area (Å²) in [6.45, 7) is 8.10. The summed E-state index contributed by atoms with van der Waals surface area (Å²) in [5.74, 6) is 1.46. The molecule has 2 aromatic rings. The number of amides is 1. The number of ether oxygens (including phenoxy) is 1. The number of likely N-dealkylation sites (tertiary alicyclic amines) is 1. The van der Waals surface area contributed by atoms with Crippen LogP contribution < -0.4 is 10.1 Å². The first-order chi connectivity index (χ1) is 13.6. The van der Waals surface area contributed by atoms with E-state index in [-0.39, 0.29) is 11.9 Å². The van der Waals surface area contributed by atoms with Gasteiger partial charge in [0.25, 0.3) is 5.91 Å². The summed E-state index contributed by atoms with van der Waals surface area (Å²) in [6, 6.07) is 18.3. The third kappa shape index (κ3) is 6.38. The lowest BCUT2D eigenvalue weighted by Crippen LogP contribution is -2.44. The molecule has 0 aromatic heterocycles. The molecule has 1 aliphatic heterocycles. The van der Waals surface area contributed by atoms with E-state index in [1.165, 1.54) is 5.56 Å². The fourth-order valence-corrected chi connectivity index (χ4v) is 3.46. The van der Waals surface area contributed by atoms with E-state index in [0.29, 0.717) is 18.1 Å². The molecule has 0 aliphatic carbocycles. The smallest absolute Gasteiger partial charge is 0.251 e. The highest BCUT2D eigenvalue weighted by molar-refractivity contribution is 5.94. The second-order valence-electron chi connectivity index (χ2n) is 8.06. The van der Waals surface area contributed by atoms with Crippen LogP contribution in [0.25, 0.3) is 0 Å². The summed E-state index contributed by atoms with van der Waals surface area (Å²) < 4.78 is 5.72. The van der Waals surface area contributed by atoms with Crippen molar-refractivity contribution in [2.24, 2.45) is 5.92 Å². The normalized spacial score (nSPS) is 15.5. The van der Waals surface area contributed by atoms with Crippen LogP contribution in [0, 0.1) is 5.92 Å². The minimum atomic E-state index is 0.00948. The van der Waals surface area contributed by atoms with Crippen molar-refractivity contribution in [1.82, 2.24) is 10.2 Å². The van der Waals surface area contributed by atoms with Gasteiger partial charge in [0.2, 0.25) is 0 Å². The summed E-state index contributed by atoms with van der Waals surface area (Å²) in [4.78, 5) is 15.0. The molecule has 0 spiro atoms. The highest BCUT2D eigenvalue weighted by atomic mass is 16.5. The van der Waals surface area contributed by atoms with Gasteiger partial charge in [0.15, 0.2) is 0 Å². The van der Waals surface area contributed by atoms with Crippen molar-refractivity contribution in [3.05, 3.63) is 65.7 Å². The van der Waals surface area contributed by atoms with Gasteiger partial charge in [0, 0.05) is 31.2 Å². The summed E-state index contributed by atoms with van der Waals surface area (Å²) in [5, 5.41) is 3.19. The van der Waals surface area contributed by atoms with Gasteiger partial charge in [-0.15, -0.1) is 0 Å². The minimum Gasteiger partial charge on any atom is -0.494 e. The molecular weight excluding hydrogens is 348 g/mol. The van der Waals surface area contributed by atoms with Crippen molar-refractivity contribution in [3.8, 4) is 5.75 Å². The lowest BCUT2D eigenvalue weighted by molar-refractivity contribution is 0.0909. The van der Waals surface area contributed by atoms with Crippen molar-refractivity contribution < 1.29 is 9.53 Å². The maximum absolute atomic E-state index is 12.5. The van der Waals surface area contributed by atoms with Crippen molar-refractivity contribution >= 4 is 5.91 Å². The van der Waals surface area contributed by atoms with Crippen LogP contribution in [0.5, 0.6) is 5.75 Å². The summed E-state index contributed by atoms with van der Waals surface area (Å²) in [6.07, 6.45) is 3.02. The van der Waals surface area contributed by atoms with Crippen LogP contribution in [0.15, 0.2) is 54.6 Å². The third-order valence-electron chi connectivity index (χ3n) is 5.25. The van der Waals surface area contributed by atoms with Gasteiger partial charge >= 0.3 is 0 Å². The molecule has 0 radical (unpaired) electrons. The van der Waals surface area contributed by atoms with Crippen molar-refractivity contribution in [2.75, 3.05) is 19.7 Å². The quantitative estimate of drug-likeness (QED) is 0.733. The van der Waals surface area contributed by atoms with Gasteiger partial charge in [-0.1, -0.05) is 44.2 Å². The molecule has 28 heavy (non-hydrogen) atoms. The van der Waals surface area contributed by atoms with E-state index in [4.69, 9.17) is 4.74 Å². The number of hydrogen-bond acceptors (Lipinski definition) is 3. The van der Waals surface area contributed by atoms with Crippen LogP contribution >= 0.6 is 0 Å². The molecule has 1 heterocycles. The number of carbonyl (C=O) groups excluding carboxylic acids is 1. The maximum Gasteiger partial charge on any atom is 0.251 e. The number of benzene rings is 2. The van der Waals surface area contributed by atoms with Crippen molar-refractivity contribution in [3.63, 3.8) is 0 Å². The van der Waals surface area contributed by atoms with Gasteiger partial charge in [-0.3, -0.25) is 9.69 Å². The van der Waals surface area contributed by atoms with Gasteiger partial charge in [-0.2, -0.15) is 0 Å². The van der Waals surface area contributed by atoms with Crippen LogP contribution in [0.2, 0.25) is 0 Å². The van der Waals surface area contributed by atoms with E-state index < -0.39 is 0 Å². The first kappa shape index (κ1) is 20.4. The number of nitrogens with one attached hydrogen (secondary N) is 1. The zero-order valence-electron chi connectivity index (χ0n) is 17.1. The molecule has 4 nitrogen and oxygen atoms in total. The number of carbonyl (C=O) groups is 1. The van der Waals surface area contributed by atoms with E-state index in [1.807, 2.05) is 24.3 Å². The predicted octanol–water partition coefficient (Wildman–Crippen LogP) is 4.51. The minimum absolute atomic E-state index is 0.00948. The first-order valence-corrected chi connectivity index (χ1v) is 10.4. The molecule has 1 N–H and O–H groups in total. The highest BCUT2D eigenvalue weighted by Crippen LogP contribution is 2.16. The molecule has 2 aromatic carbocycles. The zero-order chi connectivity index (χ0) is 19.8. The fraction of sp³-hybridized carbons (Fsp3) is 0.458. The van der Waals surface area contributed by atoms with E-state index in [9.17, 15) is 4.79 Å². The lowest BCUT2D eigenvalue weighted by atomic mass is 10.0. The van der Waals surface area contributed by atoms with Gasteiger partial charge in [0.05, 0.1) is 6.61 Å². The largest absolute Gasteiger partial charge is 0.494 e. The summed E-state index contributed by atoms with van der Waals surface area (Å²) >= 11 is 0. The molecule has 4 heteroatoms. The average molecular weight is 381 g/mol. The maximum atomic E-state index is 12.5. The molecule has 0 saturated carbocycles. The van der Waals surface area contributed by atoms with Crippen LogP contribution in [-0.4, -0.2) is 36.5 Å². The number of nitrogens with zero attached hydrogens (tertiary/aromatic N) is 1. The van der Waals surface area contributed by atoms with Gasteiger partial charge < -0.3 is 10.1 Å². The molecule has 1 aliphatic rings. The Labute approximate surface area is 168 Å². The third-order valence-corrected chi connectivity index (χ3v) is 5.25. The molecule has 0 bridgehead atoms. The van der Waals surface area contributed by atoms with Crippen LogP contribution in [0.3, 0.4) is 0 Å². The Kier molecular flexibility index (Phi) is 7.49. The number of piperidine rings is 1. The van der Waals surface area contributed by atoms with Crippen molar-refractivity contribution in [2.45, 2.75) is 45.7 Å². The molecule has 1 amide bonds. The summed E-state index contributed by atoms with van der Waals surface area (Å²) in [7, 11) is 0. The second-order valence-corrected chi connectivity index (χ2v) is 8.06. The molecule has 150 valence electrons. The van der Waals surface area contributed by atoms with Crippen LogP contribution in [0.1, 0.15) is 49.0 Å². The SMILES string of the molecule is CC(C)CCOc1ccc(C(=O)NC2CCN(Cc3ccccc3)CC2)cc1. The van der Waals surface area contributed by atoms with E-state index in [1.54, 1.807) is 0 Å². The van der Waals surface area contributed by atoms with Crippen LogP contribution in [0.4, 0.5) is 0 Å². The Morgan fingerprint density at radius 1 is 1.07 bits per heavy atom. The van der Waals surface area contributed by atoms with E-state index >= 15 is 0 Å². The Morgan fingerprint density at radius 2 is 1.75 bits per heavy atom. The van der Waals surface area contributed by atoms with Crippen molar-refractivity contribution in [1.29, 1.82) is 0 Å². The zero-order valence-corrected chi connectivity index (χ0v) is 17.1. The van der Waals surface area contributed by atoms with E-state index in [2.05, 4.69) is 54.4 Å². The average Bonchev–Trinajstić information content (AvgIpc) is 2.70. The predicted molar refractivity (Wildman–Crippen MR) is 114 cm³/mol. The lowest BCUT2D eigenvalue weighted by Gasteiger charge is -2.32. The first-order valence-electron chi connectivity index (χ1n) is 10.4. The number of rotatable bonds is 8. The fourth-order valence-electron chi connectivity index (χ4n) is 3.46. The highest BCUT2D eigenvalue weighted by Gasteiger charge is 2.21. The molecule has 1 saturated heterocycles. The standard InChI is InChI=1S/C24H32N2O2/c1-19(2)14-17-28-23-10-8-21(9-11-23)24(27)25-22-12-15-26(16-13-22)18-20-6-4-3-5-7-20/h3-11,19,22H,12-18H2,1-2H3,(H,25,27). The van der Waals surface area contributed by atoms with Gasteiger partial charge in [0.1, 0.15) is 5.75 Å². The molecular formula is C24H32N2O2. The Balaban J connectivity index is 1.41. The number of hydrogen-bond donors (Lipinski definition) is 1. The van der Waals surface area contributed by atoms with Crippen LogP contribution in [-0.2, 0) is 6.54 Å². The summed E-state index contributed by atoms with van der Waals surface area (Å²) in [5.41, 5.74) is 2.05. The molecule has 0 unspecified atom stereocenters.